The smallest absolute Gasteiger partial charge is 0.263 e. The van der Waals surface area contributed by atoms with Gasteiger partial charge in [-0.15, -0.1) is 0 Å². The molecule has 2 amide bonds. The van der Waals surface area contributed by atoms with Gasteiger partial charge >= 0.3 is 0 Å². The average molecular weight is 418 g/mol. The van der Waals surface area contributed by atoms with Crippen LogP contribution in [0.15, 0.2) is 16.9 Å². The van der Waals surface area contributed by atoms with Crippen LogP contribution >= 0.6 is 11.8 Å². The minimum absolute atomic E-state index is 0.105. The summed E-state index contributed by atoms with van der Waals surface area (Å²) in [5, 5.41) is 0. The molecule has 29 heavy (non-hydrogen) atoms. The van der Waals surface area contributed by atoms with E-state index >= 15 is 0 Å². The molecular formula is C21H27N3O4S. The van der Waals surface area contributed by atoms with Crippen molar-refractivity contribution in [2.75, 3.05) is 38.2 Å². The van der Waals surface area contributed by atoms with E-state index in [9.17, 15) is 14.4 Å². The third-order valence-corrected chi connectivity index (χ3v) is 7.48. The second-order valence-corrected chi connectivity index (χ2v) is 9.72. The fourth-order valence-corrected chi connectivity index (χ4v) is 5.84. The van der Waals surface area contributed by atoms with Gasteiger partial charge in [-0.3, -0.25) is 14.4 Å². The van der Waals surface area contributed by atoms with Gasteiger partial charge < -0.3 is 19.1 Å². The number of morpholine rings is 1. The van der Waals surface area contributed by atoms with Gasteiger partial charge in [0.05, 0.1) is 18.8 Å². The highest BCUT2D eigenvalue weighted by molar-refractivity contribution is 7.98. The Morgan fingerprint density at radius 1 is 1.17 bits per heavy atom. The molecule has 3 fully saturated rings. The fraction of sp³-hybridized carbons (Fsp3) is 0.667. The number of hydrogen-bond acceptors (Lipinski definition) is 5. The van der Waals surface area contributed by atoms with Gasteiger partial charge in [0.1, 0.15) is 5.56 Å². The van der Waals surface area contributed by atoms with Crippen LogP contribution in [0.2, 0.25) is 0 Å². The Bertz CT molecular complexity index is 900. The van der Waals surface area contributed by atoms with E-state index in [4.69, 9.17) is 4.74 Å². The van der Waals surface area contributed by atoms with Crippen LogP contribution in [0.5, 0.6) is 0 Å². The van der Waals surface area contributed by atoms with Gasteiger partial charge in [0, 0.05) is 50.0 Å². The Kier molecular flexibility index (Phi) is 4.94. The summed E-state index contributed by atoms with van der Waals surface area (Å²) < 4.78 is 7.39. The van der Waals surface area contributed by atoms with Gasteiger partial charge in [0.25, 0.3) is 11.5 Å². The van der Waals surface area contributed by atoms with Gasteiger partial charge in [-0.25, -0.2) is 0 Å². The minimum atomic E-state index is -0.173. The zero-order valence-electron chi connectivity index (χ0n) is 16.7. The van der Waals surface area contributed by atoms with Crippen molar-refractivity contribution < 1.29 is 14.3 Å². The summed E-state index contributed by atoms with van der Waals surface area (Å²) in [5.41, 5.74) is 1.07. The number of ether oxygens (including phenoxy) is 1. The Morgan fingerprint density at radius 2 is 2.03 bits per heavy atom. The number of carbonyl (C=O) groups excluding carboxylic acids is 2. The molecule has 0 unspecified atom stereocenters. The summed E-state index contributed by atoms with van der Waals surface area (Å²) in [6, 6.07) is 3.75. The van der Waals surface area contributed by atoms with Gasteiger partial charge in [0.15, 0.2) is 0 Å². The van der Waals surface area contributed by atoms with Gasteiger partial charge in [0.2, 0.25) is 5.91 Å². The van der Waals surface area contributed by atoms with E-state index in [1.165, 1.54) is 0 Å². The second kappa shape index (κ2) is 7.47. The quantitative estimate of drug-likeness (QED) is 0.735. The zero-order valence-corrected chi connectivity index (χ0v) is 17.5. The molecule has 8 heteroatoms. The number of likely N-dealkylation sites (tertiary alicyclic amines) is 2. The lowest BCUT2D eigenvalue weighted by Gasteiger charge is -2.43. The number of amides is 2. The lowest BCUT2D eigenvalue weighted by atomic mass is 9.83. The van der Waals surface area contributed by atoms with Gasteiger partial charge in [-0.2, -0.15) is 11.8 Å². The third kappa shape index (κ3) is 3.30. The molecular weight excluding hydrogens is 390 g/mol. The first-order chi connectivity index (χ1) is 14.0. The van der Waals surface area contributed by atoms with E-state index in [-0.39, 0.29) is 46.9 Å². The van der Waals surface area contributed by atoms with Crippen LogP contribution in [0.25, 0.3) is 0 Å². The number of carbonyl (C=O) groups is 2. The molecule has 5 heterocycles. The topological polar surface area (TPSA) is 71.9 Å². The lowest BCUT2D eigenvalue weighted by Crippen LogP contribution is -2.50. The van der Waals surface area contributed by atoms with E-state index in [0.29, 0.717) is 39.2 Å². The average Bonchev–Trinajstić information content (AvgIpc) is 3.36. The van der Waals surface area contributed by atoms with Crippen molar-refractivity contribution >= 4 is 23.6 Å². The highest BCUT2D eigenvalue weighted by Crippen LogP contribution is 2.36. The first-order valence-corrected chi connectivity index (χ1v) is 11.9. The number of fused-ring (bicyclic) bond motifs is 6. The molecule has 0 saturated carbocycles. The summed E-state index contributed by atoms with van der Waals surface area (Å²) in [4.78, 5) is 42.5. The van der Waals surface area contributed by atoms with Crippen LogP contribution in [0, 0.1) is 5.92 Å². The molecule has 0 aromatic carbocycles. The number of rotatable bonds is 4. The molecule has 1 aromatic rings. The molecule has 4 aliphatic heterocycles. The predicted molar refractivity (Wildman–Crippen MR) is 110 cm³/mol. The van der Waals surface area contributed by atoms with Crippen molar-refractivity contribution in [2.24, 2.45) is 5.92 Å². The maximum Gasteiger partial charge on any atom is 0.263 e. The van der Waals surface area contributed by atoms with Crippen molar-refractivity contribution in [3.05, 3.63) is 33.7 Å². The molecule has 0 N–H and O–H groups in total. The summed E-state index contributed by atoms with van der Waals surface area (Å²) in [7, 11) is 0. The monoisotopic (exact) mass is 417 g/mol. The maximum absolute atomic E-state index is 13.2. The maximum atomic E-state index is 13.2. The van der Waals surface area contributed by atoms with Crippen molar-refractivity contribution in [1.29, 1.82) is 0 Å². The van der Waals surface area contributed by atoms with Crippen LogP contribution in [0.4, 0.5) is 0 Å². The zero-order chi connectivity index (χ0) is 20.1. The highest BCUT2D eigenvalue weighted by Gasteiger charge is 2.43. The number of aromatic nitrogens is 1. The third-order valence-electron chi connectivity index (χ3n) is 6.87. The molecule has 1 aromatic heterocycles. The van der Waals surface area contributed by atoms with Crippen molar-refractivity contribution in [3.8, 4) is 0 Å². The number of piperidine rings is 1. The van der Waals surface area contributed by atoms with Crippen LogP contribution in [-0.4, -0.2) is 76.6 Å². The van der Waals surface area contributed by atoms with E-state index in [2.05, 4.69) is 0 Å². The number of pyridine rings is 1. The normalized spacial score (nSPS) is 29.8. The molecule has 5 rings (SSSR count). The number of hydrogen-bond donors (Lipinski definition) is 0. The second-order valence-electron chi connectivity index (χ2n) is 8.73. The number of thioether (sulfide) groups is 1. The predicted octanol–water partition coefficient (Wildman–Crippen LogP) is 1.16. The molecule has 0 spiro atoms. The Labute approximate surface area is 174 Å². The lowest BCUT2D eigenvalue weighted by molar-refractivity contribution is -0.133. The SMILES string of the molecule is CSCCC(=O)N1C[C@@H]2C[C@H](C1)c1ccc(C(=O)N3C[C@H]4C[C@@H]3CO4)c(=O)n1C2. The Balaban J connectivity index is 1.38. The Hall–Kier alpha value is -1.80. The molecule has 7 nitrogen and oxygen atoms in total. The van der Waals surface area contributed by atoms with Crippen LogP contribution < -0.4 is 5.56 Å². The standard InChI is InChI=1S/C21H27N3O4S/c1-29-5-4-19(25)22-8-13-6-14(10-22)18-3-2-17(21(27)24(18)9-13)20(26)23-11-16-7-15(23)12-28-16/h2-3,13-16H,4-12H2,1H3/t13-,14+,15+,16+/m0/s1. The van der Waals surface area contributed by atoms with Crippen molar-refractivity contribution in [2.45, 2.75) is 43.9 Å². The van der Waals surface area contributed by atoms with Gasteiger partial charge in [-0.05, 0) is 37.1 Å². The van der Waals surface area contributed by atoms with Gasteiger partial charge in [-0.1, -0.05) is 0 Å². The highest BCUT2D eigenvalue weighted by atomic mass is 32.2. The first-order valence-electron chi connectivity index (χ1n) is 10.5. The summed E-state index contributed by atoms with van der Waals surface area (Å²) in [6.07, 6.45) is 4.59. The first kappa shape index (κ1) is 19.2. The van der Waals surface area contributed by atoms with Crippen LogP contribution in [0.1, 0.15) is 41.2 Å². The van der Waals surface area contributed by atoms with E-state index in [1.54, 1.807) is 22.4 Å². The minimum Gasteiger partial charge on any atom is -0.374 e. The van der Waals surface area contributed by atoms with E-state index in [1.807, 2.05) is 22.1 Å². The van der Waals surface area contributed by atoms with Crippen molar-refractivity contribution in [3.63, 3.8) is 0 Å². The Morgan fingerprint density at radius 3 is 2.76 bits per heavy atom. The number of nitrogens with zero attached hydrogens (tertiary/aromatic N) is 3. The van der Waals surface area contributed by atoms with Crippen LogP contribution in [-0.2, 0) is 16.1 Å². The molecule has 0 aliphatic carbocycles. The molecule has 4 aliphatic rings. The summed E-state index contributed by atoms with van der Waals surface area (Å²) in [6.45, 7) is 3.13. The largest absolute Gasteiger partial charge is 0.374 e. The summed E-state index contributed by atoms with van der Waals surface area (Å²) >= 11 is 1.69. The molecule has 156 valence electrons. The van der Waals surface area contributed by atoms with E-state index in [0.717, 1.165) is 24.3 Å². The van der Waals surface area contributed by atoms with E-state index < -0.39 is 0 Å². The molecule has 4 bridgehead atoms. The molecule has 3 saturated heterocycles. The molecule has 0 radical (unpaired) electrons. The van der Waals surface area contributed by atoms with Crippen molar-refractivity contribution in [1.82, 2.24) is 14.4 Å². The van der Waals surface area contributed by atoms with Crippen LogP contribution in [0.3, 0.4) is 0 Å². The summed E-state index contributed by atoms with van der Waals surface area (Å²) in [5.74, 6) is 1.34. The fourth-order valence-electron chi connectivity index (χ4n) is 5.46. The molecule has 4 atom stereocenters.